The number of piperidine rings is 1. The zero-order valence-corrected chi connectivity index (χ0v) is 14.7. The molecule has 5 heteroatoms. The van der Waals surface area contributed by atoms with Gasteiger partial charge >= 0.3 is 0 Å². The van der Waals surface area contributed by atoms with E-state index in [1.807, 2.05) is 0 Å². The number of nitrogens with zero attached hydrogens (tertiary/aromatic N) is 4. The van der Waals surface area contributed by atoms with Gasteiger partial charge in [-0.25, -0.2) is 0 Å². The smallest absolute Gasteiger partial charge is 0.243 e. The van der Waals surface area contributed by atoms with E-state index < -0.39 is 0 Å². The van der Waals surface area contributed by atoms with E-state index in [1.165, 1.54) is 32.2 Å². The van der Waals surface area contributed by atoms with Crippen LogP contribution in [0.15, 0.2) is 4.52 Å². The standard InChI is InChI=1S/C17H32N4O/c1-5-6-7-16-18-17(22-19-16)14(2)21-12-9-15(10-13-21)8-11-20(3)4/h14-15H,5-13H2,1-4H3. The lowest BCUT2D eigenvalue weighted by atomic mass is 9.92. The highest BCUT2D eigenvalue weighted by Crippen LogP contribution is 2.27. The molecule has 0 bridgehead atoms. The average Bonchev–Trinajstić information content (AvgIpc) is 2.99. The molecule has 1 fully saturated rings. The fraction of sp³-hybridized carbons (Fsp3) is 0.882. The summed E-state index contributed by atoms with van der Waals surface area (Å²) in [7, 11) is 4.31. The van der Waals surface area contributed by atoms with E-state index in [1.54, 1.807) is 0 Å². The van der Waals surface area contributed by atoms with Gasteiger partial charge in [0.05, 0.1) is 6.04 Å². The van der Waals surface area contributed by atoms with Crippen LogP contribution >= 0.6 is 0 Å². The third-order valence-electron chi connectivity index (χ3n) is 4.78. The van der Waals surface area contributed by atoms with E-state index in [-0.39, 0.29) is 6.04 Å². The molecule has 0 aromatic carbocycles. The molecule has 1 aliphatic heterocycles. The van der Waals surface area contributed by atoms with Crippen molar-refractivity contribution in [1.29, 1.82) is 0 Å². The topological polar surface area (TPSA) is 45.4 Å². The molecule has 2 heterocycles. The van der Waals surface area contributed by atoms with Gasteiger partial charge in [-0.1, -0.05) is 18.5 Å². The molecule has 22 heavy (non-hydrogen) atoms. The van der Waals surface area contributed by atoms with Crippen molar-refractivity contribution in [2.45, 2.75) is 58.4 Å². The third kappa shape index (κ3) is 5.06. The molecule has 1 atom stereocenters. The molecule has 0 N–H and O–H groups in total. The van der Waals surface area contributed by atoms with Gasteiger partial charge in [0.25, 0.3) is 0 Å². The zero-order chi connectivity index (χ0) is 15.9. The second-order valence-corrected chi connectivity index (χ2v) is 6.90. The predicted molar refractivity (Wildman–Crippen MR) is 88.8 cm³/mol. The monoisotopic (exact) mass is 308 g/mol. The molecular weight excluding hydrogens is 276 g/mol. The number of likely N-dealkylation sites (tertiary alicyclic amines) is 1. The Morgan fingerprint density at radius 3 is 2.68 bits per heavy atom. The first-order valence-electron chi connectivity index (χ1n) is 8.81. The van der Waals surface area contributed by atoms with E-state index in [0.29, 0.717) is 0 Å². The van der Waals surface area contributed by atoms with Gasteiger partial charge in [-0.15, -0.1) is 0 Å². The Kier molecular flexibility index (Phi) is 6.83. The zero-order valence-electron chi connectivity index (χ0n) is 14.7. The Hall–Kier alpha value is -0.940. The van der Waals surface area contributed by atoms with E-state index in [2.05, 4.69) is 47.9 Å². The highest BCUT2D eigenvalue weighted by atomic mass is 16.5. The number of aromatic nitrogens is 2. The summed E-state index contributed by atoms with van der Waals surface area (Å²) in [5.74, 6) is 2.52. The fourth-order valence-corrected chi connectivity index (χ4v) is 3.10. The molecular formula is C17H32N4O. The van der Waals surface area contributed by atoms with Gasteiger partial charge in [-0.2, -0.15) is 4.98 Å². The van der Waals surface area contributed by atoms with Crippen LogP contribution in [0.4, 0.5) is 0 Å². The van der Waals surface area contributed by atoms with Gasteiger partial charge in [-0.05, 0) is 72.3 Å². The molecule has 5 nitrogen and oxygen atoms in total. The highest BCUT2D eigenvalue weighted by Gasteiger charge is 2.26. The maximum Gasteiger partial charge on any atom is 0.243 e. The summed E-state index contributed by atoms with van der Waals surface area (Å²) in [5, 5.41) is 4.12. The summed E-state index contributed by atoms with van der Waals surface area (Å²) in [6.45, 7) is 7.86. The molecule has 0 spiro atoms. The van der Waals surface area contributed by atoms with Gasteiger partial charge < -0.3 is 9.42 Å². The fourth-order valence-electron chi connectivity index (χ4n) is 3.10. The summed E-state index contributed by atoms with van der Waals surface area (Å²) in [6, 6.07) is 0.248. The van der Waals surface area contributed by atoms with Gasteiger partial charge in [0.2, 0.25) is 5.89 Å². The second-order valence-electron chi connectivity index (χ2n) is 6.90. The van der Waals surface area contributed by atoms with Crippen molar-refractivity contribution in [3.63, 3.8) is 0 Å². The Bertz CT molecular complexity index is 424. The van der Waals surface area contributed by atoms with E-state index in [9.17, 15) is 0 Å². The number of hydrogen-bond acceptors (Lipinski definition) is 5. The van der Waals surface area contributed by atoms with E-state index >= 15 is 0 Å². The van der Waals surface area contributed by atoms with Crippen LogP contribution in [0.2, 0.25) is 0 Å². The Morgan fingerprint density at radius 1 is 1.32 bits per heavy atom. The molecule has 0 amide bonds. The van der Waals surface area contributed by atoms with Crippen LogP contribution in [0.1, 0.15) is 63.7 Å². The lowest BCUT2D eigenvalue weighted by Gasteiger charge is -2.34. The van der Waals surface area contributed by atoms with Crippen LogP contribution in [0.3, 0.4) is 0 Å². The van der Waals surface area contributed by atoms with Crippen LogP contribution in [-0.4, -0.2) is 53.7 Å². The molecule has 2 rings (SSSR count). The maximum absolute atomic E-state index is 5.47. The molecule has 0 saturated carbocycles. The van der Waals surface area contributed by atoms with Crippen molar-refractivity contribution in [2.75, 3.05) is 33.7 Å². The number of hydrogen-bond donors (Lipinski definition) is 0. The Morgan fingerprint density at radius 2 is 2.05 bits per heavy atom. The van der Waals surface area contributed by atoms with Gasteiger partial charge in [0, 0.05) is 6.42 Å². The average molecular weight is 308 g/mol. The quantitative estimate of drug-likeness (QED) is 0.738. The van der Waals surface area contributed by atoms with Gasteiger partial charge in [0.15, 0.2) is 5.82 Å². The van der Waals surface area contributed by atoms with Crippen LogP contribution in [-0.2, 0) is 6.42 Å². The minimum Gasteiger partial charge on any atom is -0.338 e. The third-order valence-corrected chi connectivity index (χ3v) is 4.78. The maximum atomic E-state index is 5.47. The molecule has 0 aliphatic carbocycles. The van der Waals surface area contributed by atoms with Crippen molar-refractivity contribution in [3.8, 4) is 0 Å². The second kappa shape index (κ2) is 8.63. The van der Waals surface area contributed by atoms with Crippen molar-refractivity contribution in [3.05, 3.63) is 11.7 Å². The van der Waals surface area contributed by atoms with E-state index in [0.717, 1.165) is 43.6 Å². The van der Waals surface area contributed by atoms with Crippen molar-refractivity contribution >= 4 is 0 Å². The lowest BCUT2D eigenvalue weighted by molar-refractivity contribution is 0.114. The molecule has 1 aromatic heterocycles. The molecule has 126 valence electrons. The highest BCUT2D eigenvalue weighted by molar-refractivity contribution is 4.93. The van der Waals surface area contributed by atoms with E-state index in [4.69, 9.17) is 4.52 Å². The van der Waals surface area contributed by atoms with Gasteiger partial charge in [-0.3, -0.25) is 4.90 Å². The summed E-state index contributed by atoms with van der Waals surface area (Å²) in [5.41, 5.74) is 0. The number of aryl methyl sites for hydroxylation is 1. The normalized spacial score (nSPS) is 19.0. The van der Waals surface area contributed by atoms with Crippen LogP contribution in [0.5, 0.6) is 0 Å². The number of unbranched alkanes of at least 4 members (excludes halogenated alkanes) is 1. The van der Waals surface area contributed by atoms with Crippen LogP contribution in [0.25, 0.3) is 0 Å². The van der Waals surface area contributed by atoms with Crippen molar-refractivity contribution in [1.82, 2.24) is 19.9 Å². The SMILES string of the molecule is CCCCc1noc(C(C)N2CCC(CCN(C)C)CC2)n1. The minimum absolute atomic E-state index is 0.248. The first-order valence-corrected chi connectivity index (χ1v) is 8.81. The predicted octanol–water partition coefficient (Wildman–Crippen LogP) is 3.14. The Labute approximate surface area is 135 Å². The summed E-state index contributed by atoms with van der Waals surface area (Å²) >= 11 is 0. The Balaban J connectivity index is 1.79. The van der Waals surface area contributed by atoms with Crippen LogP contribution in [0, 0.1) is 5.92 Å². The first kappa shape index (κ1) is 17.4. The molecule has 1 aromatic rings. The van der Waals surface area contributed by atoms with Gasteiger partial charge in [0.1, 0.15) is 0 Å². The summed E-state index contributed by atoms with van der Waals surface area (Å²) in [4.78, 5) is 9.35. The van der Waals surface area contributed by atoms with Crippen LogP contribution < -0.4 is 0 Å². The summed E-state index contributed by atoms with van der Waals surface area (Å²) in [6.07, 6.45) is 7.12. The lowest BCUT2D eigenvalue weighted by Crippen LogP contribution is -2.36. The summed E-state index contributed by atoms with van der Waals surface area (Å²) < 4.78 is 5.47. The molecule has 0 radical (unpaired) electrons. The first-order chi connectivity index (χ1) is 10.6. The van der Waals surface area contributed by atoms with Crippen molar-refractivity contribution in [2.24, 2.45) is 5.92 Å². The molecule has 1 aliphatic rings. The molecule has 1 saturated heterocycles. The van der Waals surface area contributed by atoms with Crippen molar-refractivity contribution < 1.29 is 4.52 Å². The number of rotatable bonds is 8. The molecule has 1 unspecified atom stereocenters. The largest absolute Gasteiger partial charge is 0.338 e. The minimum atomic E-state index is 0.248.